The van der Waals surface area contributed by atoms with Crippen molar-refractivity contribution in [2.24, 2.45) is 0 Å². The van der Waals surface area contributed by atoms with Gasteiger partial charge in [-0.3, -0.25) is 19.3 Å². The number of carbonyl (C=O) groups excluding carboxylic acids is 2. The molecular formula is C34H34N6O3. The molecule has 0 bridgehead atoms. The van der Waals surface area contributed by atoms with Crippen LogP contribution in [0.2, 0.25) is 0 Å². The maximum absolute atomic E-state index is 13.6. The lowest BCUT2D eigenvalue weighted by molar-refractivity contribution is -0.129. The van der Waals surface area contributed by atoms with Crippen LogP contribution < -0.4 is 5.32 Å². The lowest BCUT2D eigenvalue weighted by atomic mass is 9.96. The van der Waals surface area contributed by atoms with E-state index in [9.17, 15) is 9.59 Å². The highest BCUT2D eigenvalue weighted by Crippen LogP contribution is 2.48. The second-order valence-corrected chi connectivity index (χ2v) is 11.3. The molecule has 0 radical (unpaired) electrons. The van der Waals surface area contributed by atoms with E-state index in [2.05, 4.69) is 27.5 Å². The lowest BCUT2D eigenvalue weighted by Crippen LogP contribution is -2.35. The molecule has 5 aromatic rings. The maximum Gasteiger partial charge on any atom is 0.252 e. The second kappa shape index (κ2) is 11.8. The van der Waals surface area contributed by atoms with E-state index in [1.165, 1.54) is 0 Å². The smallest absolute Gasteiger partial charge is 0.252 e. The Morgan fingerprint density at radius 2 is 1.84 bits per heavy atom. The van der Waals surface area contributed by atoms with Gasteiger partial charge in [-0.2, -0.15) is 5.10 Å². The molecule has 0 aliphatic heterocycles. The summed E-state index contributed by atoms with van der Waals surface area (Å²) in [5, 5.41) is 8.76. The van der Waals surface area contributed by atoms with Crippen LogP contribution >= 0.6 is 0 Å². The number of rotatable bonds is 10. The topological polar surface area (TPSA) is 102 Å². The number of carbonyl (C=O) groups is 2. The standard InChI is InChI=1S/C34H34N6O3/c1-23-16-24(21-43-22-26-8-6-7-15-35-26)11-12-27(23)33(42)38-34(13-14-34)29-17-31(37-30-10-5-4-9-28(29)30)25-18-36-40(19-25)20-32(41)39(2)3/h4-12,15-19H,13-14,20-22H2,1-3H3,(H,38,42). The van der Waals surface area contributed by atoms with Crippen molar-refractivity contribution in [3.8, 4) is 11.3 Å². The summed E-state index contributed by atoms with van der Waals surface area (Å²) in [6.45, 7) is 2.98. The van der Waals surface area contributed by atoms with E-state index in [0.717, 1.165) is 57.4 Å². The van der Waals surface area contributed by atoms with E-state index in [4.69, 9.17) is 9.72 Å². The van der Waals surface area contributed by atoms with Gasteiger partial charge in [0.1, 0.15) is 6.54 Å². The Kier molecular flexibility index (Phi) is 7.73. The molecule has 0 atom stereocenters. The van der Waals surface area contributed by atoms with E-state index in [1.54, 1.807) is 36.1 Å². The number of hydrogen-bond donors (Lipinski definition) is 1. The minimum absolute atomic E-state index is 0.0400. The quantitative estimate of drug-likeness (QED) is 0.251. The first-order valence-corrected chi connectivity index (χ1v) is 14.3. The Labute approximate surface area is 250 Å². The van der Waals surface area contributed by atoms with Crippen LogP contribution in [0.1, 0.15) is 45.6 Å². The minimum atomic E-state index is -0.484. The number of para-hydroxylation sites is 1. The van der Waals surface area contributed by atoms with Gasteiger partial charge >= 0.3 is 0 Å². The van der Waals surface area contributed by atoms with Gasteiger partial charge in [0.25, 0.3) is 5.91 Å². The Hall–Kier alpha value is -4.89. The van der Waals surface area contributed by atoms with Crippen LogP contribution in [0.3, 0.4) is 0 Å². The predicted molar refractivity (Wildman–Crippen MR) is 164 cm³/mol. The highest BCUT2D eigenvalue weighted by Gasteiger charge is 2.47. The van der Waals surface area contributed by atoms with Gasteiger partial charge in [0.15, 0.2) is 0 Å². The van der Waals surface area contributed by atoms with Crippen molar-refractivity contribution in [3.05, 3.63) is 113 Å². The van der Waals surface area contributed by atoms with E-state index in [-0.39, 0.29) is 18.4 Å². The summed E-state index contributed by atoms with van der Waals surface area (Å²) < 4.78 is 7.46. The minimum Gasteiger partial charge on any atom is -0.370 e. The molecule has 1 saturated carbocycles. The molecule has 6 rings (SSSR count). The van der Waals surface area contributed by atoms with Gasteiger partial charge in [-0.1, -0.05) is 36.4 Å². The normalized spacial score (nSPS) is 13.6. The van der Waals surface area contributed by atoms with Crippen molar-refractivity contribution in [1.82, 2.24) is 30.0 Å². The zero-order valence-electron chi connectivity index (χ0n) is 24.6. The molecule has 218 valence electrons. The molecule has 2 aromatic carbocycles. The molecule has 43 heavy (non-hydrogen) atoms. The van der Waals surface area contributed by atoms with E-state index >= 15 is 0 Å². The number of benzene rings is 2. The fourth-order valence-electron chi connectivity index (χ4n) is 5.28. The van der Waals surface area contributed by atoms with Gasteiger partial charge in [-0.25, -0.2) is 4.98 Å². The molecule has 0 unspecified atom stereocenters. The van der Waals surface area contributed by atoms with Gasteiger partial charge in [0.05, 0.1) is 41.9 Å². The summed E-state index contributed by atoms with van der Waals surface area (Å²) in [6, 6.07) is 21.6. The number of ether oxygens (including phenoxy) is 1. The van der Waals surface area contributed by atoms with E-state index in [0.29, 0.717) is 18.8 Å². The molecule has 0 spiro atoms. The largest absolute Gasteiger partial charge is 0.370 e. The van der Waals surface area contributed by atoms with Crippen LogP contribution in [0.25, 0.3) is 22.2 Å². The number of amides is 2. The molecule has 9 nitrogen and oxygen atoms in total. The van der Waals surface area contributed by atoms with E-state index in [1.807, 2.05) is 67.7 Å². The molecule has 3 heterocycles. The van der Waals surface area contributed by atoms with Gasteiger partial charge in [-0.15, -0.1) is 0 Å². The fraction of sp³-hybridized carbons (Fsp3) is 0.265. The van der Waals surface area contributed by atoms with Crippen molar-refractivity contribution in [1.29, 1.82) is 0 Å². The van der Waals surface area contributed by atoms with Crippen molar-refractivity contribution < 1.29 is 14.3 Å². The Balaban J connectivity index is 1.22. The van der Waals surface area contributed by atoms with Crippen LogP contribution in [0.5, 0.6) is 0 Å². The molecule has 1 fully saturated rings. The van der Waals surface area contributed by atoms with Crippen LogP contribution in [0, 0.1) is 6.92 Å². The summed E-state index contributed by atoms with van der Waals surface area (Å²) in [4.78, 5) is 36.6. The first-order valence-electron chi connectivity index (χ1n) is 14.3. The van der Waals surface area contributed by atoms with Crippen LogP contribution in [-0.2, 0) is 34.8 Å². The molecule has 3 aromatic heterocycles. The number of aromatic nitrogens is 4. The number of fused-ring (bicyclic) bond motifs is 1. The third-order valence-electron chi connectivity index (χ3n) is 7.84. The summed E-state index contributed by atoms with van der Waals surface area (Å²) in [5.41, 5.74) is 6.39. The molecule has 1 aliphatic rings. The fourth-order valence-corrected chi connectivity index (χ4v) is 5.28. The Bertz CT molecular complexity index is 1790. The van der Waals surface area contributed by atoms with Crippen molar-refractivity contribution in [2.75, 3.05) is 14.1 Å². The summed E-state index contributed by atoms with van der Waals surface area (Å²) in [5.74, 6) is -0.143. The van der Waals surface area contributed by atoms with Gasteiger partial charge in [0, 0.05) is 43.0 Å². The first-order chi connectivity index (χ1) is 20.8. The van der Waals surface area contributed by atoms with Crippen molar-refractivity contribution in [2.45, 2.75) is 45.1 Å². The zero-order valence-corrected chi connectivity index (χ0v) is 24.6. The average molecular weight is 575 g/mol. The highest BCUT2D eigenvalue weighted by atomic mass is 16.5. The molecule has 0 saturated heterocycles. The maximum atomic E-state index is 13.6. The van der Waals surface area contributed by atoms with Gasteiger partial charge in [-0.05, 0) is 66.8 Å². The third kappa shape index (κ3) is 6.17. The molecule has 2 amide bonds. The Morgan fingerprint density at radius 3 is 2.58 bits per heavy atom. The Morgan fingerprint density at radius 1 is 1.02 bits per heavy atom. The predicted octanol–water partition coefficient (Wildman–Crippen LogP) is 5.03. The summed E-state index contributed by atoms with van der Waals surface area (Å²) in [7, 11) is 3.45. The van der Waals surface area contributed by atoms with Gasteiger partial charge in [0.2, 0.25) is 5.91 Å². The zero-order chi connectivity index (χ0) is 30.0. The molecule has 1 aliphatic carbocycles. The van der Waals surface area contributed by atoms with Crippen molar-refractivity contribution >= 4 is 22.7 Å². The summed E-state index contributed by atoms with van der Waals surface area (Å²) in [6.07, 6.45) is 6.99. The lowest BCUT2D eigenvalue weighted by Gasteiger charge is -2.21. The highest BCUT2D eigenvalue weighted by molar-refractivity contribution is 5.97. The van der Waals surface area contributed by atoms with Crippen LogP contribution in [0.15, 0.2) is 85.3 Å². The van der Waals surface area contributed by atoms with Crippen LogP contribution in [-0.4, -0.2) is 50.6 Å². The number of aryl methyl sites for hydroxylation is 1. The monoisotopic (exact) mass is 574 g/mol. The summed E-state index contributed by atoms with van der Waals surface area (Å²) >= 11 is 0. The number of hydrogen-bond acceptors (Lipinski definition) is 6. The average Bonchev–Trinajstić information content (AvgIpc) is 3.63. The molecule has 9 heteroatoms. The molecular weight excluding hydrogens is 540 g/mol. The second-order valence-electron chi connectivity index (χ2n) is 11.3. The number of nitrogens with zero attached hydrogens (tertiary/aromatic N) is 5. The number of pyridine rings is 2. The van der Waals surface area contributed by atoms with E-state index < -0.39 is 5.54 Å². The third-order valence-corrected chi connectivity index (χ3v) is 7.84. The molecule has 1 N–H and O–H groups in total. The van der Waals surface area contributed by atoms with Gasteiger partial charge < -0.3 is 15.0 Å². The first kappa shape index (κ1) is 28.2. The SMILES string of the molecule is Cc1cc(COCc2ccccn2)ccc1C(=O)NC1(c2cc(-c3cnn(CC(=O)N(C)C)c3)nc3ccccc23)CC1. The number of nitrogens with one attached hydrogen (secondary N) is 1. The van der Waals surface area contributed by atoms with Crippen molar-refractivity contribution in [3.63, 3.8) is 0 Å². The number of likely N-dealkylation sites (N-methyl/N-ethyl adjacent to an activating group) is 1. The van der Waals surface area contributed by atoms with Crippen LogP contribution in [0.4, 0.5) is 0 Å².